The van der Waals surface area contributed by atoms with Crippen molar-refractivity contribution >= 4 is 45.5 Å². The number of hydrogen-bond acceptors (Lipinski definition) is 7. The maximum absolute atomic E-state index is 11.6. The summed E-state index contributed by atoms with van der Waals surface area (Å²) in [5, 5.41) is 4.97. The van der Waals surface area contributed by atoms with Crippen LogP contribution in [0.1, 0.15) is 18.4 Å². The van der Waals surface area contributed by atoms with Crippen LogP contribution in [0.3, 0.4) is 0 Å². The molecule has 134 valence electrons. The van der Waals surface area contributed by atoms with Crippen LogP contribution in [-0.4, -0.2) is 35.3 Å². The molecule has 6 nitrogen and oxygen atoms in total. The molecule has 0 aliphatic carbocycles. The van der Waals surface area contributed by atoms with Crippen LogP contribution in [0.2, 0.25) is 0 Å². The predicted molar refractivity (Wildman–Crippen MR) is 104 cm³/mol. The number of nitrogens with one attached hydrogen (secondary N) is 1. The fourth-order valence-electron chi connectivity index (χ4n) is 3.04. The zero-order chi connectivity index (χ0) is 17.9. The molecular weight excluding hydrogens is 370 g/mol. The van der Waals surface area contributed by atoms with Gasteiger partial charge in [0.2, 0.25) is 0 Å². The Hall–Kier alpha value is -2.32. The van der Waals surface area contributed by atoms with Gasteiger partial charge in [0.15, 0.2) is 5.13 Å². The first kappa shape index (κ1) is 17.1. The molecule has 2 saturated heterocycles. The largest absolute Gasteiger partial charge is 0.491 e. The van der Waals surface area contributed by atoms with E-state index in [4.69, 9.17) is 4.74 Å². The van der Waals surface area contributed by atoms with E-state index in [-0.39, 0.29) is 11.1 Å². The smallest absolute Gasteiger partial charge is 0.290 e. The molecule has 0 bridgehead atoms. The third kappa shape index (κ3) is 3.76. The van der Waals surface area contributed by atoms with Crippen molar-refractivity contribution in [2.45, 2.75) is 18.9 Å². The monoisotopic (exact) mass is 387 g/mol. The summed E-state index contributed by atoms with van der Waals surface area (Å²) in [7, 11) is 0. The van der Waals surface area contributed by atoms with Crippen molar-refractivity contribution < 1.29 is 14.3 Å². The first-order valence-corrected chi connectivity index (χ1v) is 10.0. The van der Waals surface area contributed by atoms with Gasteiger partial charge in [-0.3, -0.25) is 14.9 Å². The summed E-state index contributed by atoms with van der Waals surface area (Å²) in [5.74, 6) is 0.446. The number of benzene rings is 1. The number of amides is 2. The van der Waals surface area contributed by atoms with E-state index >= 15 is 0 Å². The van der Waals surface area contributed by atoms with E-state index in [2.05, 4.69) is 15.2 Å². The van der Waals surface area contributed by atoms with Gasteiger partial charge in [-0.25, -0.2) is 4.98 Å². The number of aromatic nitrogens is 1. The molecule has 2 aliphatic rings. The van der Waals surface area contributed by atoms with Gasteiger partial charge in [-0.05, 0) is 48.4 Å². The van der Waals surface area contributed by atoms with Gasteiger partial charge in [0.05, 0.1) is 10.9 Å². The van der Waals surface area contributed by atoms with E-state index in [9.17, 15) is 9.59 Å². The van der Waals surface area contributed by atoms with Crippen molar-refractivity contribution in [1.29, 1.82) is 0 Å². The van der Waals surface area contributed by atoms with Crippen LogP contribution in [-0.2, 0) is 4.79 Å². The molecule has 0 spiro atoms. The molecule has 2 aromatic rings. The highest BCUT2D eigenvalue weighted by atomic mass is 32.2. The van der Waals surface area contributed by atoms with Crippen molar-refractivity contribution in [1.82, 2.24) is 10.3 Å². The lowest BCUT2D eigenvalue weighted by molar-refractivity contribution is -0.115. The lowest BCUT2D eigenvalue weighted by Crippen LogP contribution is -2.34. The zero-order valence-corrected chi connectivity index (χ0v) is 15.5. The number of carbonyl (C=O) groups is 2. The van der Waals surface area contributed by atoms with E-state index in [1.165, 1.54) is 0 Å². The number of thiazole rings is 1. The Morgan fingerprint density at radius 3 is 2.85 bits per heavy atom. The Kier molecular flexibility index (Phi) is 4.94. The molecule has 3 heterocycles. The van der Waals surface area contributed by atoms with Crippen molar-refractivity contribution in [2.75, 3.05) is 18.1 Å². The van der Waals surface area contributed by atoms with E-state index in [0.29, 0.717) is 17.6 Å². The number of nitrogens with zero attached hydrogens (tertiary/aromatic N) is 2. The molecule has 1 aromatic heterocycles. The van der Waals surface area contributed by atoms with E-state index in [0.717, 1.165) is 47.6 Å². The third-order valence-electron chi connectivity index (χ3n) is 4.30. The molecule has 2 aliphatic heterocycles. The van der Waals surface area contributed by atoms with Gasteiger partial charge in [-0.1, -0.05) is 12.1 Å². The molecule has 4 rings (SSSR count). The van der Waals surface area contributed by atoms with Crippen LogP contribution in [0, 0.1) is 0 Å². The standard InChI is InChI=1S/C18H17N3O3S2/c22-16-15(26-18(23)20-16)10-12-3-5-14(6-4-12)24-11-13-2-1-8-21(13)17-19-7-9-25-17/h3-7,9-10,13H,1-2,8,11H2,(H,20,22,23)/t13-/m0/s1. The molecule has 2 fully saturated rings. The van der Waals surface area contributed by atoms with E-state index < -0.39 is 0 Å². The predicted octanol–water partition coefficient (Wildman–Crippen LogP) is 3.51. The second-order valence-corrected chi connectivity index (χ2v) is 7.92. The third-order valence-corrected chi connectivity index (χ3v) is 5.92. The van der Waals surface area contributed by atoms with Gasteiger partial charge in [0, 0.05) is 18.1 Å². The lowest BCUT2D eigenvalue weighted by Gasteiger charge is -2.24. The molecule has 1 N–H and O–H groups in total. The van der Waals surface area contributed by atoms with Crippen LogP contribution < -0.4 is 15.0 Å². The normalized spacial score (nSPS) is 21.5. The summed E-state index contributed by atoms with van der Waals surface area (Å²) >= 11 is 2.58. The van der Waals surface area contributed by atoms with Gasteiger partial charge < -0.3 is 9.64 Å². The summed E-state index contributed by atoms with van der Waals surface area (Å²) in [5.41, 5.74) is 0.856. The molecule has 2 amide bonds. The minimum atomic E-state index is -0.344. The molecule has 0 unspecified atom stereocenters. The number of thioether (sulfide) groups is 1. The molecule has 26 heavy (non-hydrogen) atoms. The SMILES string of the molecule is O=C1NC(=O)C(=Cc2ccc(OC[C@@H]3CCCN3c3nccs3)cc2)S1. The summed E-state index contributed by atoms with van der Waals surface area (Å²) in [6.45, 7) is 1.64. The number of ether oxygens (including phenoxy) is 1. The number of rotatable bonds is 5. The van der Waals surface area contributed by atoms with Gasteiger partial charge in [0.25, 0.3) is 11.1 Å². The second-order valence-electron chi connectivity index (χ2n) is 6.04. The highest BCUT2D eigenvalue weighted by molar-refractivity contribution is 8.18. The fourth-order valence-corrected chi connectivity index (χ4v) is 4.47. The molecule has 0 radical (unpaired) electrons. The van der Waals surface area contributed by atoms with Crippen molar-refractivity contribution in [3.05, 3.63) is 46.3 Å². The van der Waals surface area contributed by atoms with Crippen molar-refractivity contribution in [3.63, 3.8) is 0 Å². The molecule has 1 aromatic carbocycles. The first-order valence-electron chi connectivity index (χ1n) is 8.33. The van der Waals surface area contributed by atoms with Crippen LogP contribution in [0.15, 0.2) is 40.7 Å². The summed E-state index contributed by atoms with van der Waals surface area (Å²) in [6.07, 6.45) is 5.79. The number of anilines is 1. The molecule has 0 saturated carbocycles. The zero-order valence-electron chi connectivity index (χ0n) is 13.9. The minimum absolute atomic E-state index is 0.331. The average molecular weight is 387 g/mol. The summed E-state index contributed by atoms with van der Waals surface area (Å²) in [4.78, 5) is 29.9. The number of carbonyl (C=O) groups excluding carboxylic acids is 2. The Balaban J connectivity index is 1.37. The van der Waals surface area contributed by atoms with Crippen molar-refractivity contribution in [2.24, 2.45) is 0 Å². The molecule has 1 atom stereocenters. The fraction of sp³-hybridized carbons (Fsp3) is 0.278. The van der Waals surface area contributed by atoms with Crippen LogP contribution >= 0.6 is 23.1 Å². The molecular formula is C18H17N3O3S2. The minimum Gasteiger partial charge on any atom is -0.491 e. The van der Waals surface area contributed by atoms with Crippen LogP contribution in [0.4, 0.5) is 9.93 Å². The van der Waals surface area contributed by atoms with Crippen molar-refractivity contribution in [3.8, 4) is 5.75 Å². The Morgan fingerprint density at radius 2 is 2.15 bits per heavy atom. The first-order chi connectivity index (χ1) is 12.7. The lowest BCUT2D eigenvalue weighted by atomic mass is 10.2. The van der Waals surface area contributed by atoms with Crippen LogP contribution in [0.5, 0.6) is 5.75 Å². The van der Waals surface area contributed by atoms with E-state index in [1.807, 2.05) is 35.8 Å². The summed E-state index contributed by atoms with van der Waals surface area (Å²) < 4.78 is 5.96. The van der Waals surface area contributed by atoms with Gasteiger partial charge >= 0.3 is 0 Å². The van der Waals surface area contributed by atoms with Gasteiger partial charge in [-0.2, -0.15) is 0 Å². The van der Waals surface area contributed by atoms with Gasteiger partial charge in [-0.15, -0.1) is 11.3 Å². The Labute approximate surface area is 159 Å². The number of imide groups is 1. The number of hydrogen-bond donors (Lipinski definition) is 1. The Morgan fingerprint density at radius 1 is 1.31 bits per heavy atom. The Bertz CT molecular complexity index is 834. The highest BCUT2D eigenvalue weighted by Gasteiger charge is 2.27. The average Bonchev–Trinajstić information content (AvgIpc) is 3.36. The topological polar surface area (TPSA) is 71.5 Å². The second kappa shape index (κ2) is 7.51. The highest BCUT2D eigenvalue weighted by Crippen LogP contribution is 2.28. The molecule has 8 heteroatoms. The maximum Gasteiger partial charge on any atom is 0.290 e. The van der Waals surface area contributed by atoms with Gasteiger partial charge in [0.1, 0.15) is 12.4 Å². The quantitative estimate of drug-likeness (QED) is 0.792. The summed E-state index contributed by atoms with van der Waals surface area (Å²) in [6, 6.07) is 7.87. The van der Waals surface area contributed by atoms with E-state index in [1.54, 1.807) is 17.4 Å². The maximum atomic E-state index is 11.6. The van der Waals surface area contributed by atoms with Crippen LogP contribution in [0.25, 0.3) is 6.08 Å².